The van der Waals surface area contributed by atoms with Crippen molar-refractivity contribution in [2.75, 3.05) is 19.8 Å². The Kier molecular flexibility index (Phi) is 18.0. The highest BCUT2D eigenvalue weighted by Gasteiger charge is 2.56. The zero-order chi connectivity index (χ0) is 51.9. The largest absolute Gasteiger partial charge is 0.368 e. The van der Waals surface area contributed by atoms with E-state index in [-0.39, 0.29) is 45.5 Å². The average molecular weight is 1020 g/mol. The van der Waals surface area contributed by atoms with Gasteiger partial charge in [0.2, 0.25) is 5.91 Å². The molecule has 3 saturated heterocycles. The third kappa shape index (κ3) is 12.6. The van der Waals surface area contributed by atoms with Crippen molar-refractivity contribution in [3.05, 3.63) is 264 Å². The van der Waals surface area contributed by atoms with Crippen molar-refractivity contribution in [1.29, 1.82) is 0 Å². The van der Waals surface area contributed by atoms with Gasteiger partial charge in [-0.3, -0.25) is 4.79 Å². The molecule has 11 atom stereocenters. The molecule has 10 rings (SSSR count). The second-order valence-electron chi connectivity index (χ2n) is 19.1. The molecule has 7 aromatic carbocycles. The monoisotopic (exact) mass is 1020 g/mol. The topological polar surface area (TPSA) is 121 Å². The Morgan fingerprint density at radius 2 is 1.01 bits per heavy atom. The summed E-state index contributed by atoms with van der Waals surface area (Å²) in [4.78, 5) is 13.4. The molecule has 12 nitrogen and oxygen atoms in total. The first-order valence-corrected chi connectivity index (χ1v) is 26.0. The van der Waals surface area contributed by atoms with Gasteiger partial charge in [0.25, 0.3) is 0 Å². The summed E-state index contributed by atoms with van der Waals surface area (Å²) in [7, 11) is 0. The lowest BCUT2D eigenvalue weighted by molar-refractivity contribution is -0.384. The lowest BCUT2D eigenvalue weighted by atomic mass is 9.80. The first kappa shape index (κ1) is 52.8. The van der Waals surface area contributed by atoms with Gasteiger partial charge in [-0.05, 0) is 33.4 Å². The van der Waals surface area contributed by atoms with Gasteiger partial charge < -0.3 is 52.7 Å². The van der Waals surface area contributed by atoms with Crippen LogP contribution >= 0.6 is 0 Å². The summed E-state index contributed by atoms with van der Waals surface area (Å²) in [5.74, 6) is -0.329. The fourth-order valence-corrected chi connectivity index (χ4v) is 10.3. The molecule has 0 aliphatic carbocycles. The molecule has 1 amide bonds. The predicted octanol–water partition coefficient (Wildman–Crippen LogP) is 10.4. The molecule has 1 N–H and O–H groups in total. The summed E-state index contributed by atoms with van der Waals surface area (Å²) >= 11 is 0. The second-order valence-corrected chi connectivity index (χ2v) is 19.1. The van der Waals surface area contributed by atoms with Crippen LogP contribution in [0.2, 0.25) is 0 Å². The van der Waals surface area contributed by atoms with E-state index >= 15 is 0 Å². The molecule has 3 heterocycles. The maximum atomic E-state index is 13.4. The summed E-state index contributed by atoms with van der Waals surface area (Å²) in [5, 5.41) is 3.11. The van der Waals surface area contributed by atoms with E-state index in [1.54, 1.807) is 6.08 Å². The smallest absolute Gasteiger partial charge is 0.217 e. The molecule has 3 aliphatic heterocycles. The SMILES string of the molecule is C=CCO[C@H]1O[C@@H]2COC(c3ccccc3)O[C@H]2[C@H](O[C@H]2O[C@H](COC(c3ccccc3)(c3ccccc3)c3ccccc3)[C@@H](OCc3ccccc3)[C@H](OCc3ccccc3)[C@H]2OCc2ccccc2)[C@H]1NC(C)=O. The number of hydrogen-bond acceptors (Lipinski definition) is 11. The number of rotatable bonds is 22. The van der Waals surface area contributed by atoms with Crippen LogP contribution in [0.4, 0.5) is 0 Å². The summed E-state index contributed by atoms with van der Waals surface area (Å²) in [6.45, 7) is 6.19. The molecule has 0 radical (unpaired) electrons. The van der Waals surface area contributed by atoms with Gasteiger partial charge in [-0.2, -0.15) is 0 Å². The van der Waals surface area contributed by atoms with Crippen LogP contribution in [0, 0.1) is 0 Å². The summed E-state index contributed by atoms with van der Waals surface area (Å²) in [5.41, 5.74) is 5.26. The molecule has 1 unspecified atom stereocenters. The Morgan fingerprint density at radius 1 is 0.553 bits per heavy atom. The van der Waals surface area contributed by atoms with E-state index in [1.165, 1.54) is 6.92 Å². The Balaban J connectivity index is 1.11. The van der Waals surface area contributed by atoms with Crippen molar-refractivity contribution in [3.63, 3.8) is 0 Å². The van der Waals surface area contributed by atoms with Gasteiger partial charge in [0.05, 0.1) is 39.6 Å². The highest BCUT2D eigenvalue weighted by molar-refractivity contribution is 5.73. The first-order valence-electron chi connectivity index (χ1n) is 26.0. The quantitative estimate of drug-likeness (QED) is 0.0516. The van der Waals surface area contributed by atoms with Crippen molar-refractivity contribution in [2.24, 2.45) is 0 Å². The van der Waals surface area contributed by atoms with Crippen molar-refractivity contribution in [3.8, 4) is 0 Å². The van der Waals surface area contributed by atoms with Crippen LogP contribution < -0.4 is 5.32 Å². The molecule has 7 aromatic rings. The van der Waals surface area contributed by atoms with Crippen molar-refractivity contribution < 1.29 is 52.2 Å². The normalized spacial score (nSPS) is 25.5. The summed E-state index contributed by atoms with van der Waals surface area (Å²) in [6.07, 6.45) is -7.35. The standard InChI is InChI=1S/C64H65NO11/c1-3-39-67-62-55(65-45(2)66)58(57-53(73-62)43-71-61(75-57)49-31-17-7-18-32-49)76-63-60(70-42-48-29-15-6-16-30-48)59(69-41-47-27-13-5-14-28-47)56(68-40-46-25-11-4-12-26-46)54(74-63)44-72-64(50-33-19-8-20-34-50,51-35-21-9-22-36-51)52-37-23-10-24-38-52/h3-38,53-63H,1,39-44H2,2H3,(H,65,66)/t53-,54-,55-,56-,57-,58-,59+,60-,61?,62+,63-/m1/s1. The van der Waals surface area contributed by atoms with Crippen LogP contribution in [0.3, 0.4) is 0 Å². The van der Waals surface area contributed by atoms with Crippen LogP contribution in [-0.4, -0.2) is 87.1 Å². The average Bonchev–Trinajstić information content (AvgIpc) is 3.55. The Morgan fingerprint density at radius 3 is 1.50 bits per heavy atom. The number of hydrogen-bond donors (Lipinski definition) is 1. The molecule has 0 bridgehead atoms. The van der Waals surface area contributed by atoms with Gasteiger partial charge in [0.15, 0.2) is 18.9 Å². The van der Waals surface area contributed by atoms with E-state index in [4.69, 9.17) is 47.4 Å². The molecule has 3 aliphatic rings. The lowest BCUT2D eigenvalue weighted by Crippen LogP contribution is -2.70. The second kappa shape index (κ2) is 25.9. The Hall–Kier alpha value is -6.65. The third-order valence-corrected chi connectivity index (χ3v) is 13.9. The number of amides is 1. The highest BCUT2D eigenvalue weighted by Crippen LogP contribution is 2.43. The fourth-order valence-electron chi connectivity index (χ4n) is 10.3. The van der Waals surface area contributed by atoms with E-state index < -0.39 is 73.2 Å². The minimum atomic E-state index is -1.21. The molecular weight excluding hydrogens is 959 g/mol. The number of benzene rings is 7. The number of carbonyl (C=O) groups excluding carboxylic acids is 1. The lowest BCUT2D eigenvalue weighted by Gasteiger charge is -2.52. The van der Waals surface area contributed by atoms with Crippen molar-refractivity contribution in [2.45, 2.75) is 100.0 Å². The number of nitrogens with one attached hydrogen (secondary N) is 1. The molecular formula is C64H65NO11. The van der Waals surface area contributed by atoms with Crippen LogP contribution in [0.15, 0.2) is 225 Å². The van der Waals surface area contributed by atoms with Crippen molar-refractivity contribution in [1.82, 2.24) is 5.32 Å². The van der Waals surface area contributed by atoms with E-state index in [0.717, 1.165) is 38.9 Å². The minimum absolute atomic E-state index is 0.0188. The van der Waals surface area contributed by atoms with Crippen LogP contribution in [-0.2, 0) is 77.6 Å². The van der Waals surface area contributed by atoms with Crippen LogP contribution in [0.5, 0.6) is 0 Å². The molecule has 3 fully saturated rings. The Bertz CT molecular complexity index is 2740. The van der Waals surface area contributed by atoms with E-state index in [2.05, 4.69) is 48.3 Å². The number of carbonyl (C=O) groups is 1. The molecule has 392 valence electrons. The third-order valence-electron chi connectivity index (χ3n) is 13.9. The van der Waals surface area contributed by atoms with Crippen LogP contribution in [0.1, 0.15) is 52.2 Å². The van der Waals surface area contributed by atoms with Gasteiger partial charge in [0, 0.05) is 12.5 Å². The van der Waals surface area contributed by atoms with E-state index in [9.17, 15) is 4.79 Å². The summed E-state index contributed by atoms with van der Waals surface area (Å²) in [6, 6.07) is 69.3. The van der Waals surface area contributed by atoms with Crippen molar-refractivity contribution >= 4 is 5.91 Å². The molecule has 0 spiro atoms. The zero-order valence-electron chi connectivity index (χ0n) is 42.6. The van der Waals surface area contributed by atoms with Gasteiger partial charge in [-0.25, -0.2) is 0 Å². The number of ether oxygens (including phenoxy) is 10. The molecule has 12 heteroatoms. The maximum Gasteiger partial charge on any atom is 0.217 e. The minimum Gasteiger partial charge on any atom is -0.368 e. The Labute approximate surface area is 445 Å². The predicted molar refractivity (Wildman–Crippen MR) is 286 cm³/mol. The van der Waals surface area contributed by atoms with Gasteiger partial charge in [-0.15, -0.1) is 6.58 Å². The fraction of sp³-hybridized carbons (Fsp3) is 0.297. The van der Waals surface area contributed by atoms with E-state index in [1.807, 2.05) is 176 Å². The molecule has 0 aromatic heterocycles. The summed E-state index contributed by atoms with van der Waals surface area (Å²) < 4.78 is 70.2. The first-order chi connectivity index (χ1) is 37.5. The van der Waals surface area contributed by atoms with Gasteiger partial charge >= 0.3 is 0 Å². The highest BCUT2D eigenvalue weighted by atomic mass is 16.8. The maximum absolute atomic E-state index is 13.4. The molecule has 0 saturated carbocycles. The van der Waals surface area contributed by atoms with E-state index in [0.29, 0.717) is 0 Å². The zero-order valence-corrected chi connectivity index (χ0v) is 42.6. The van der Waals surface area contributed by atoms with Gasteiger partial charge in [-0.1, -0.05) is 218 Å². The number of fused-ring (bicyclic) bond motifs is 1. The molecule has 76 heavy (non-hydrogen) atoms. The van der Waals surface area contributed by atoms with Gasteiger partial charge in [0.1, 0.15) is 54.4 Å². The van der Waals surface area contributed by atoms with Crippen LogP contribution in [0.25, 0.3) is 0 Å².